The van der Waals surface area contributed by atoms with E-state index in [4.69, 9.17) is 4.74 Å². The standard InChI is InChI=1S/C22H24N2O2/c1-13-4-5-15(10-14(13)2)22(25)23-16-6-8-20-18(11-16)19-12-17(26-3)7-9-21(19)24-20/h4-5,7,9-10,12,16,24H,6,8,11H2,1-3H3,(H,23,25). The van der Waals surface area contributed by atoms with Crippen LogP contribution in [-0.2, 0) is 12.8 Å². The third kappa shape index (κ3) is 2.96. The lowest BCUT2D eigenvalue weighted by Gasteiger charge is -2.24. The van der Waals surface area contributed by atoms with E-state index >= 15 is 0 Å². The molecule has 1 atom stereocenters. The number of hydrogen-bond donors (Lipinski definition) is 2. The number of aromatic nitrogens is 1. The van der Waals surface area contributed by atoms with Crippen LogP contribution in [0.5, 0.6) is 5.75 Å². The van der Waals surface area contributed by atoms with E-state index in [2.05, 4.69) is 29.4 Å². The van der Waals surface area contributed by atoms with Crippen LogP contribution in [0.15, 0.2) is 36.4 Å². The van der Waals surface area contributed by atoms with Crippen molar-refractivity contribution in [3.8, 4) is 5.75 Å². The molecule has 3 aromatic rings. The van der Waals surface area contributed by atoms with Crippen molar-refractivity contribution in [2.45, 2.75) is 39.2 Å². The highest BCUT2D eigenvalue weighted by Crippen LogP contribution is 2.31. The van der Waals surface area contributed by atoms with E-state index in [1.165, 1.54) is 22.2 Å². The van der Waals surface area contributed by atoms with Gasteiger partial charge in [-0.15, -0.1) is 0 Å². The predicted octanol–water partition coefficient (Wildman–Crippen LogP) is 4.08. The Morgan fingerprint density at radius 1 is 1.15 bits per heavy atom. The van der Waals surface area contributed by atoms with Crippen molar-refractivity contribution in [2.75, 3.05) is 7.11 Å². The first-order valence-corrected chi connectivity index (χ1v) is 9.10. The normalized spacial score (nSPS) is 16.3. The molecule has 1 amide bonds. The maximum Gasteiger partial charge on any atom is 0.251 e. The molecule has 4 nitrogen and oxygen atoms in total. The van der Waals surface area contributed by atoms with E-state index in [0.29, 0.717) is 0 Å². The Morgan fingerprint density at radius 3 is 2.77 bits per heavy atom. The molecule has 1 aliphatic rings. The lowest BCUT2D eigenvalue weighted by Crippen LogP contribution is -2.38. The number of carbonyl (C=O) groups excluding carboxylic acids is 1. The molecule has 0 spiro atoms. The average molecular weight is 348 g/mol. The summed E-state index contributed by atoms with van der Waals surface area (Å²) in [5.74, 6) is 0.875. The van der Waals surface area contributed by atoms with Gasteiger partial charge in [-0.1, -0.05) is 6.07 Å². The van der Waals surface area contributed by atoms with Crippen LogP contribution in [-0.4, -0.2) is 24.0 Å². The highest BCUT2D eigenvalue weighted by molar-refractivity contribution is 5.95. The van der Waals surface area contributed by atoms with Gasteiger partial charge >= 0.3 is 0 Å². The first-order chi connectivity index (χ1) is 12.5. The van der Waals surface area contributed by atoms with E-state index in [1.54, 1.807) is 7.11 Å². The molecule has 4 heteroatoms. The number of H-pyrrole nitrogens is 1. The Balaban J connectivity index is 1.56. The molecule has 0 aliphatic heterocycles. The fourth-order valence-electron chi connectivity index (χ4n) is 3.80. The molecule has 1 unspecified atom stereocenters. The second-order valence-electron chi connectivity index (χ2n) is 7.21. The minimum Gasteiger partial charge on any atom is -0.497 e. The van der Waals surface area contributed by atoms with Crippen molar-refractivity contribution in [3.05, 3.63) is 64.3 Å². The maximum absolute atomic E-state index is 12.7. The van der Waals surface area contributed by atoms with Crippen molar-refractivity contribution in [1.29, 1.82) is 0 Å². The van der Waals surface area contributed by atoms with Gasteiger partial charge < -0.3 is 15.0 Å². The molecule has 1 aliphatic carbocycles. The Bertz CT molecular complexity index is 987. The van der Waals surface area contributed by atoms with Gasteiger partial charge in [-0.3, -0.25) is 4.79 Å². The van der Waals surface area contributed by atoms with E-state index < -0.39 is 0 Å². The summed E-state index contributed by atoms with van der Waals surface area (Å²) in [5.41, 5.74) is 6.81. The summed E-state index contributed by atoms with van der Waals surface area (Å²) in [6, 6.07) is 12.2. The summed E-state index contributed by atoms with van der Waals surface area (Å²) in [4.78, 5) is 16.2. The van der Waals surface area contributed by atoms with E-state index in [1.807, 2.05) is 31.2 Å². The molecule has 134 valence electrons. The number of amides is 1. The average Bonchev–Trinajstić information content (AvgIpc) is 3.01. The Labute approximate surface area is 153 Å². The molecule has 0 saturated carbocycles. The monoisotopic (exact) mass is 348 g/mol. The van der Waals surface area contributed by atoms with Crippen LogP contribution in [0.25, 0.3) is 10.9 Å². The number of nitrogens with one attached hydrogen (secondary N) is 2. The smallest absolute Gasteiger partial charge is 0.251 e. The van der Waals surface area contributed by atoms with E-state index in [0.717, 1.165) is 41.7 Å². The van der Waals surface area contributed by atoms with Gasteiger partial charge in [0.05, 0.1) is 7.11 Å². The summed E-state index contributed by atoms with van der Waals surface area (Å²) in [6.07, 6.45) is 2.75. The van der Waals surface area contributed by atoms with Crippen LogP contribution >= 0.6 is 0 Å². The molecule has 4 rings (SSSR count). The summed E-state index contributed by atoms with van der Waals surface area (Å²) in [7, 11) is 1.69. The summed E-state index contributed by atoms with van der Waals surface area (Å²) < 4.78 is 5.37. The third-order valence-electron chi connectivity index (χ3n) is 5.50. The lowest BCUT2D eigenvalue weighted by molar-refractivity contribution is 0.0933. The molecule has 1 aromatic heterocycles. The zero-order valence-corrected chi connectivity index (χ0v) is 15.5. The number of rotatable bonds is 3. The molecule has 0 bridgehead atoms. The lowest BCUT2D eigenvalue weighted by atomic mass is 9.91. The van der Waals surface area contributed by atoms with Gasteiger partial charge in [0.15, 0.2) is 0 Å². The molecule has 0 saturated heterocycles. The van der Waals surface area contributed by atoms with E-state index in [-0.39, 0.29) is 11.9 Å². The maximum atomic E-state index is 12.7. The van der Waals surface area contributed by atoms with Gasteiger partial charge in [0.1, 0.15) is 5.75 Å². The van der Waals surface area contributed by atoms with Gasteiger partial charge in [-0.25, -0.2) is 0 Å². The number of fused-ring (bicyclic) bond motifs is 3. The van der Waals surface area contributed by atoms with Gasteiger partial charge in [-0.05, 0) is 80.1 Å². The first kappa shape index (κ1) is 16.7. The Hall–Kier alpha value is -2.75. The number of methoxy groups -OCH3 is 1. The zero-order valence-electron chi connectivity index (χ0n) is 15.5. The van der Waals surface area contributed by atoms with Gasteiger partial charge in [0.2, 0.25) is 0 Å². The molecule has 1 heterocycles. The molecule has 2 aromatic carbocycles. The Morgan fingerprint density at radius 2 is 2.00 bits per heavy atom. The summed E-state index contributed by atoms with van der Waals surface area (Å²) >= 11 is 0. The molecular formula is C22H24N2O2. The van der Waals surface area contributed by atoms with Gasteiger partial charge in [0.25, 0.3) is 5.91 Å². The number of benzene rings is 2. The summed E-state index contributed by atoms with van der Waals surface area (Å²) in [6.45, 7) is 4.10. The van der Waals surface area contributed by atoms with Crippen LogP contribution in [0.4, 0.5) is 0 Å². The van der Waals surface area contributed by atoms with Gasteiger partial charge in [0, 0.05) is 28.2 Å². The van der Waals surface area contributed by atoms with Crippen molar-refractivity contribution < 1.29 is 9.53 Å². The van der Waals surface area contributed by atoms with Crippen molar-refractivity contribution in [3.63, 3.8) is 0 Å². The van der Waals surface area contributed by atoms with Crippen molar-refractivity contribution in [2.24, 2.45) is 0 Å². The number of hydrogen-bond acceptors (Lipinski definition) is 2. The minimum atomic E-state index is 0.0129. The van der Waals surface area contributed by atoms with Crippen LogP contribution < -0.4 is 10.1 Å². The van der Waals surface area contributed by atoms with Crippen molar-refractivity contribution >= 4 is 16.8 Å². The fourth-order valence-corrected chi connectivity index (χ4v) is 3.80. The molecule has 2 N–H and O–H groups in total. The van der Waals surface area contributed by atoms with E-state index in [9.17, 15) is 4.79 Å². The number of aromatic amines is 1. The molecule has 0 radical (unpaired) electrons. The topological polar surface area (TPSA) is 54.1 Å². The fraction of sp³-hybridized carbons (Fsp3) is 0.318. The minimum absolute atomic E-state index is 0.0129. The van der Waals surface area contributed by atoms with Crippen LogP contribution in [0.3, 0.4) is 0 Å². The predicted molar refractivity (Wildman–Crippen MR) is 104 cm³/mol. The molecular weight excluding hydrogens is 324 g/mol. The number of carbonyl (C=O) groups is 1. The second kappa shape index (κ2) is 6.52. The number of aryl methyl sites for hydroxylation is 3. The molecule has 26 heavy (non-hydrogen) atoms. The Kier molecular flexibility index (Phi) is 4.19. The number of ether oxygens (including phenoxy) is 1. The SMILES string of the molecule is COc1ccc2[nH]c3c(c2c1)CC(NC(=O)c1ccc(C)c(C)c1)CC3. The largest absolute Gasteiger partial charge is 0.497 e. The second-order valence-corrected chi connectivity index (χ2v) is 7.21. The van der Waals surface area contributed by atoms with Gasteiger partial charge in [-0.2, -0.15) is 0 Å². The highest BCUT2D eigenvalue weighted by Gasteiger charge is 2.24. The van der Waals surface area contributed by atoms with Crippen molar-refractivity contribution in [1.82, 2.24) is 10.3 Å². The first-order valence-electron chi connectivity index (χ1n) is 9.10. The van der Waals surface area contributed by atoms with Crippen LogP contribution in [0.1, 0.15) is 39.2 Å². The highest BCUT2D eigenvalue weighted by atomic mass is 16.5. The quantitative estimate of drug-likeness (QED) is 0.749. The third-order valence-corrected chi connectivity index (χ3v) is 5.50. The zero-order chi connectivity index (χ0) is 18.3. The van der Waals surface area contributed by atoms with Crippen LogP contribution in [0.2, 0.25) is 0 Å². The van der Waals surface area contributed by atoms with Crippen LogP contribution in [0, 0.1) is 13.8 Å². The molecule has 0 fully saturated rings. The summed E-state index contributed by atoms with van der Waals surface area (Å²) in [5, 5.41) is 4.42.